The van der Waals surface area contributed by atoms with Gasteiger partial charge in [0.15, 0.2) is 5.60 Å². The minimum absolute atomic E-state index is 0. The van der Waals surface area contributed by atoms with E-state index in [4.69, 9.17) is 20.4 Å². The predicted octanol–water partition coefficient (Wildman–Crippen LogP) is -1.25. The van der Waals surface area contributed by atoms with E-state index in [2.05, 4.69) is 0 Å². The number of carboxylic acid groups (broad SMARTS) is 3. The molecule has 80 valence electrons. The Morgan fingerprint density at radius 1 is 0.929 bits per heavy atom. The minimum Gasteiger partial charge on any atom is -0.481 e. The van der Waals surface area contributed by atoms with Crippen LogP contribution in [0, 0.1) is 0 Å². The summed E-state index contributed by atoms with van der Waals surface area (Å²) in [7, 11) is 0. The van der Waals surface area contributed by atoms with Gasteiger partial charge in [0.25, 0.3) is 0 Å². The summed E-state index contributed by atoms with van der Waals surface area (Å²) in [6.07, 6.45) is -2.29. The molecule has 0 aromatic carbocycles. The molecule has 8 heteroatoms. The number of carboxylic acids is 3. The van der Waals surface area contributed by atoms with Gasteiger partial charge in [-0.3, -0.25) is 9.59 Å². The molecule has 0 spiro atoms. The monoisotopic (exact) mass is 376 g/mol. The van der Waals surface area contributed by atoms with E-state index in [1.165, 1.54) is 0 Å². The molecule has 0 aromatic heterocycles. The number of hydrogen-bond donors (Lipinski definition) is 4. The first-order chi connectivity index (χ1) is 5.78. The third kappa shape index (κ3) is 4.93. The van der Waals surface area contributed by atoms with Crippen LogP contribution in [-0.4, -0.2) is 43.9 Å². The van der Waals surface area contributed by atoms with Crippen molar-refractivity contribution in [2.45, 2.75) is 18.4 Å². The van der Waals surface area contributed by atoms with Crippen LogP contribution in [0.5, 0.6) is 0 Å². The molecule has 0 amide bonds. The Kier molecular flexibility index (Phi) is 6.34. The average molecular weight is 376 g/mol. The van der Waals surface area contributed by atoms with Crippen molar-refractivity contribution in [2.24, 2.45) is 0 Å². The quantitative estimate of drug-likeness (QED) is 0.472. The fourth-order valence-corrected chi connectivity index (χ4v) is 0.714. The molecule has 0 atom stereocenters. The van der Waals surface area contributed by atoms with Gasteiger partial charge < -0.3 is 20.4 Å². The average Bonchev–Trinajstić information content (AvgIpc) is 1.82. The van der Waals surface area contributed by atoms with Gasteiger partial charge >= 0.3 is 17.9 Å². The molecule has 7 nitrogen and oxygen atoms in total. The van der Waals surface area contributed by atoms with Crippen LogP contribution in [0.15, 0.2) is 0 Å². The molecule has 0 bridgehead atoms. The topological polar surface area (TPSA) is 132 Å². The van der Waals surface area contributed by atoms with E-state index >= 15 is 0 Å². The Morgan fingerprint density at radius 2 is 1.21 bits per heavy atom. The van der Waals surface area contributed by atoms with Crippen LogP contribution < -0.4 is 0 Å². The van der Waals surface area contributed by atoms with Crippen LogP contribution in [0.4, 0.5) is 0 Å². The van der Waals surface area contributed by atoms with E-state index in [0.29, 0.717) is 0 Å². The standard InChI is InChI=1S/C6H8O7.W/c7-3(8)1-6(13,5(11)12)2-4(9)10;/h13H,1-2H2,(H,7,8)(H,9,10)(H,11,12);. The molecule has 0 rings (SSSR count). The van der Waals surface area contributed by atoms with Gasteiger partial charge in [-0.2, -0.15) is 0 Å². The summed E-state index contributed by atoms with van der Waals surface area (Å²) in [6, 6.07) is 0. The van der Waals surface area contributed by atoms with Crippen molar-refractivity contribution >= 4 is 17.9 Å². The SMILES string of the molecule is O=C(O)CC(O)(CC(=O)O)C(=O)O.[W]. The maximum atomic E-state index is 10.3. The van der Waals surface area contributed by atoms with Gasteiger partial charge in [0, 0.05) is 21.1 Å². The molecular formula is C6H8O7W. The van der Waals surface area contributed by atoms with Gasteiger partial charge in [-0.1, -0.05) is 0 Å². The van der Waals surface area contributed by atoms with Crippen molar-refractivity contribution in [3.63, 3.8) is 0 Å². The Hall–Kier alpha value is -0.942. The molecular weight excluding hydrogens is 368 g/mol. The first-order valence-corrected chi connectivity index (χ1v) is 3.17. The van der Waals surface area contributed by atoms with Crippen LogP contribution in [0.3, 0.4) is 0 Å². The first kappa shape index (κ1) is 15.5. The van der Waals surface area contributed by atoms with E-state index < -0.39 is 36.4 Å². The predicted molar refractivity (Wildman–Crippen MR) is 37.1 cm³/mol. The van der Waals surface area contributed by atoms with Gasteiger partial charge in [0.05, 0.1) is 12.8 Å². The van der Waals surface area contributed by atoms with Gasteiger partial charge in [-0.05, 0) is 0 Å². The fourth-order valence-electron chi connectivity index (χ4n) is 0.714. The number of hydrogen-bond acceptors (Lipinski definition) is 4. The molecule has 0 radical (unpaired) electrons. The normalized spacial score (nSPS) is 10.1. The molecule has 0 heterocycles. The Morgan fingerprint density at radius 3 is 1.36 bits per heavy atom. The zero-order valence-electron chi connectivity index (χ0n) is 6.84. The van der Waals surface area contributed by atoms with E-state index in [0.717, 1.165) is 0 Å². The summed E-state index contributed by atoms with van der Waals surface area (Å²) in [6.45, 7) is 0. The van der Waals surface area contributed by atoms with Gasteiger partial charge in [-0.15, -0.1) is 0 Å². The minimum atomic E-state index is -2.74. The molecule has 0 aliphatic rings. The second-order valence-electron chi connectivity index (χ2n) is 2.48. The van der Waals surface area contributed by atoms with Crippen LogP contribution in [0.2, 0.25) is 0 Å². The van der Waals surface area contributed by atoms with E-state index in [-0.39, 0.29) is 21.1 Å². The fraction of sp³-hybridized carbons (Fsp3) is 0.500. The second kappa shape index (κ2) is 5.72. The third-order valence-corrected chi connectivity index (χ3v) is 1.29. The van der Waals surface area contributed by atoms with Crippen molar-refractivity contribution in [3.05, 3.63) is 0 Å². The number of aliphatic carboxylic acids is 3. The van der Waals surface area contributed by atoms with Crippen LogP contribution in [0.1, 0.15) is 12.8 Å². The number of carbonyl (C=O) groups is 3. The summed E-state index contributed by atoms with van der Waals surface area (Å²) in [5.74, 6) is -5.02. The van der Waals surface area contributed by atoms with Gasteiger partial charge in [-0.25, -0.2) is 4.79 Å². The molecule has 0 aromatic rings. The summed E-state index contributed by atoms with van der Waals surface area (Å²) in [4.78, 5) is 30.5. The first-order valence-electron chi connectivity index (χ1n) is 3.17. The van der Waals surface area contributed by atoms with Crippen molar-refractivity contribution in [1.82, 2.24) is 0 Å². The molecule has 0 saturated carbocycles. The Bertz CT molecular complexity index is 233. The smallest absolute Gasteiger partial charge is 0.336 e. The van der Waals surface area contributed by atoms with Gasteiger partial charge in [0.1, 0.15) is 0 Å². The zero-order valence-corrected chi connectivity index (χ0v) is 9.77. The zero-order chi connectivity index (χ0) is 10.6. The van der Waals surface area contributed by atoms with Crippen LogP contribution >= 0.6 is 0 Å². The third-order valence-electron chi connectivity index (χ3n) is 1.29. The summed E-state index contributed by atoms with van der Waals surface area (Å²) >= 11 is 0. The maximum absolute atomic E-state index is 10.3. The molecule has 0 unspecified atom stereocenters. The molecule has 0 fully saturated rings. The van der Waals surface area contributed by atoms with Crippen molar-refractivity contribution < 1.29 is 55.9 Å². The van der Waals surface area contributed by atoms with Gasteiger partial charge in [0.2, 0.25) is 0 Å². The summed E-state index contributed by atoms with van der Waals surface area (Å²) in [5, 5.41) is 33.8. The molecule has 4 N–H and O–H groups in total. The van der Waals surface area contributed by atoms with Crippen LogP contribution in [0.25, 0.3) is 0 Å². The van der Waals surface area contributed by atoms with Crippen molar-refractivity contribution in [2.75, 3.05) is 0 Å². The summed E-state index contributed by atoms with van der Waals surface area (Å²) in [5.41, 5.74) is -2.74. The van der Waals surface area contributed by atoms with E-state index in [1.807, 2.05) is 0 Å². The maximum Gasteiger partial charge on any atom is 0.336 e. The van der Waals surface area contributed by atoms with Crippen molar-refractivity contribution in [1.29, 1.82) is 0 Å². The molecule has 0 aliphatic carbocycles. The van der Waals surface area contributed by atoms with E-state index in [1.54, 1.807) is 0 Å². The largest absolute Gasteiger partial charge is 0.481 e. The Balaban J connectivity index is 0. The molecule has 0 aliphatic heterocycles. The van der Waals surface area contributed by atoms with Crippen LogP contribution in [-0.2, 0) is 35.4 Å². The molecule has 14 heavy (non-hydrogen) atoms. The van der Waals surface area contributed by atoms with Crippen molar-refractivity contribution in [3.8, 4) is 0 Å². The molecule has 0 saturated heterocycles. The van der Waals surface area contributed by atoms with E-state index in [9.17, 15) is 14.4 Å². The summed E-state index contributed by atoms with van der Waals surface area (Å²) < 4.78 is 0. The number of aliphatic hydroxyl groups is 1. The number of rotatable bonds is 5. The second-order valence-corrected chi connectivity index (χ2v) is 2.48. The Labute approximate surface area is 92.6 Å².